The second kappa shape index (κ2) is 9.77. The highest BCUT2D eigenvalue weighted by molar-refractivity contribution is 4.74. The van der Waals surface area contributed by atoms with Crippen molar-refractivity contribution >= 4 is 0 Å². The van der Waals surface area contributed by atoms with Gasteiger partial charge in [0, 0.05) is 6.54 Å². The van der Waals surface area contributed by atoms with Gasteiger partial charge in [0.25, 0.3) is 0 Å². The summed E-state index contributed by atoms with van der Waals surface area (Å²) >= 11 is 0. The van der Waals surface area contributed by atoms with E-state index >= 15 is 0 Å². The van der Waals surface area contributed by atoms with Gasteiger partial charge in [-0.1, -0.05) is 40.5 Å². The molecule has 0 aliphatic carbocycles. The average molecular weight is 268 g/mol. The second-order valence-electron chi connectivity index (χ2n) is 7.06. The van der Waals surface area contributed by atoms with E-state index in [2.05, 4.69) is 37.9 Å². The number of likely N-dealkylation sites (tertiary alicyclic amines) is 1. The van der Waals surface area contributed by atoms with Gasteiger partial charge in [-0.2, -0.15) is 0 Å². The monoisotopic (exact) mass is 268 g/mol. The first kappa shape index (κ1) is 17.0. The molecule has 19 heavy (non-hydrogen) atoms. The highest BCUT2D eigenvalue weighted by Crippen LogP contribution is 2.22. The summed E-state index contributed by atoms with van der Waals surface area (Å²) in [5, 5.41) is 3.53. The Bertz CT molecular complexity index is 215. The minimum absolute atomic E-state index is 0.781. The zero-order valence-electron chi connectivity index (χ0n) is 13.8. The van der Waals surface area contributed by atoms with Gasteiger partial charge in [-0.3, -0.25) is 0 Å². The van der Waals surface area contributed by atoms with Crippen LogP contribution < -0.4 is 5.32 Å². The van der Waals surface area contributed by atoms with Crippen LogP contribution in [-0.4, -0.2) is 37.6 Å². The number of hydrogen-bond donors (Lipinski definition) is 1. The zero-order valence-corrected chi connectivity index (χ0v) is 13.8. The molecule has 1 rings (SSSR count). The van der Waals surface area contributed by atoms with E-state index in [-0.39, 0.29) is 0 Å². The lowest BCUT2D eigenvalue weighted by Crippen LogP contribution is -2.38. The van der Waals surface area contributed by atoms with Crippen LogP contribution in [0.15, 0.2) is 0 Å². The maximum Gasteiger partial charge on any atom is 0.000957 e. The molecule has 0 aromatic heterocycles. The van der Waals surface area contributed by atoms with Gasteiger partial charge in [-0.15, -0.1) is 0 Å². The smallest absolute Gasteiger partial charge is 0.000957 e. The molecule has 1 aliphatic heterocycles. The summed E-state index contributed by atoms with van der Waals surface area (Å²) in [6, 6.07) is 0. The molecule has 114 valence electrons. The van der Waals surface area contributed by atoms with Crippen molar-refractivity contribution < 1.29 is 0 Å². The van der Waals surface area contributed by atoms with Crippen LogP contribution >= 0.6 is 0 Å². The van der Waals surface area contributed by atoms with Gasteiger partial charge < -0.3 is 10.2 Å². The number of hydrogen-bond acceptors (Lipinski definition) is 2. The van der Waals surface area contributed by atoms with Crippen LogP contribution in [0, 0.1) is 17.8 Å². The van der Waals surface area contributed by atoms with E-state index in [0.29, 0.717) is 0 Å². The molecule has 2 atom stereocenters. The van der Waals surface area contributed by atoms with Crippen molar-refractivity contribution in [3.63, 3.8) is 0 Å². The number of piperidine rings is 1. The van der Waals surface area contributed by atoms with Crippen LogP contribution in [0.4, 0.5) is 0 Å². The first-order valence-electron chi connectivity index (χ1n) is 8.52. The molecule has 0 saturated carbocycles. The molecule has 0 bridgehead atoms. The molecule has 0 spiro atoms. The highest BCUT2D eigenvalue weighted by atomic mass is 15.1. The number of rotatable bonds is 9. The summed E-state index contributed by atoms with van der Waals surface area (Å²) in [6.45, 7) is 15.7. The molecule has 0 aromatic rings. The van der Waals surface area contributed by atoms with Crippen LogP contribution in [0.3, 0.4) is 0 Å². The van der Waals surface area contributed by atoms with Crippen LogP contribution in [0.5, 0.6) is 0 Å². The van der Waals surface area contributed by atoms with Crippen LogP contribution in [0.25, 0.3) is 0 Å². The maximum atomic E-state index is 3.53. The van der Waals surface area contributed by atoms with Crippen molar-refractivity contribution in [3.8, 4) is 0 Å². The molecule has 1 N–H and O–H groups in total. The molecule has 1 heterocycles. The number of unbranched alkanes of at least 4 members (excludes halogenated alkanes) is 3. The van der Waals surface area contributed by atoms with E-state index in [1.54, 1.807) is 0 Å². The lowest BCUT2D eigenvalue weighted by molar-refractivity contribution is 0.136. The molecule has 0 aromatic carbocycles. The minimum atomic E-state index is 0.781. The number of nitrogens with one attached hydrogen (secondary N) is 1. The fraction of sp³-hybridized carbons (Fsp3) is 1.00. The summed E-state index contributed by atoms with van der Waals surface area (Å²) < 4.78 is 0. The SMILES string of the molecule is CC(C)CNCCCCCCN1CCC(C)C(C)C1. The fourth-order valence-corrected chi connectivity index (χ4v) is 2.88. The lowest BCUT2D eigenvalue weighted by atomic mass is 9.88. The predicted molar refractivity (Wildman–Crippen MR) is 85.6 cm³/mol. The predicted octanol–water partition coefficient (Wildman–Crippen LogP) is 3.77. The molecule has 2 unspecified atom stereocenters. The first-order valence-corrected chi connectivity index (χ1v) is 8.52. The summed E-state index contributed by atoms with van der Waals surface area (Å²) in [6.07, 6.45) is 6.94. The molecule has 0 amide bonds. The third kappa shape index (κ3) is 7.94. The lowest BCUT2D eigenvalue weighted by Gasteiger charge is -2.35. The summed E-state index contributed by atoms with van der Waals surface area (Å²) in [7, 11) is 0. The topological polar surface area (TPSA) is 15.3 Å². The number of nitrogens with zero attached hydrogens (tertiary/aromatic N) is 1. The molecule has 2 nitrogen and oxygen atoms in total. The summed E-state index contributed by atoms with van der Waals surface area (Å²) in [5.41, 5.74) is 0. The zero-order chi connectivity index (χ0) is 14.1. The Kier molecular flexibility index (Phi) is 8.72. The van der Waals surface area contributed by atoms with Gasteiger partial charge in [0.2, 0.25) is 0 Å². The third-order valence-corrected chi connectivity index (χ3v) is 4.55. The summed E-state index contributed by atoms with van der Waals surface area (Å²) in [4.78, 5) is 2.68. The van der Waals surface area contributed by atoms with E-state index in [1.807, 2.05) is 0 Å². The van der Waals surface area contributed by atoms with E-state index < -0.39 is 0 Å². The standard InChI is InChI=1S/C17H36N2/c1-15(2)13-18-10-7-5-6-8-11-19-12-9-16(3)17(4)14-19/h15-18H,5-14H2,1-4H3. The van der Waals surface area contributed by atoms with Crippen molar-refractivity contribution in [2.24, 2.45) is 17.8 Å². The van der Waals surface area contributed by atoms with Crippen molar-refractivity contribution in [2.75, 3.05) is 32.7 Å². The fourth-order valence-electron chi connectivity index (χ4n) is 2.88. The van der Waals surface area contributed by atoms with E-state index in [0.717, 1.165) is 17.8 Å². The Morgan fingerprint density at radius 3 is 2.47 bits per heavy atom. The average Bonchev–Trinajstić information content (AvgIpc) is 2.36. The van der Waals surface area contributed by atoms with Gasteiger partial charge in [0.15, 0.2) is 0 Å². The third-order valence-electron chi connectivity index (χ3n) is 4.55. The molecule has 1 fully saturated rings. The van der Waals surface area contributed by atoms with Crippen molar-refractivity contribution in [1.82, 2.24) is 10.2 Å². The van der Waals surface area contributed by atoms with Crippen LogP contribution in [0.2, 0.25) is 0 Å². The van der Waals surface area contributed by atoms with Gasteiger partial charge >= 0.3 is 0 Å². The van der Waals surface area contributed by atoms with Crippen LogP contribution in [-0.2, 0) is 0 Å². The first-order chi connectivity index (χ1) is 9.09. The van der Waals surface area contributed by atoms with Gasteiger partial charge in [-0.05, 0) is 63.2 Å². The van der Waals surface area contributed by atoms with Crippen LogP contribution in [0.1, 0.15) is 59.8 Å². The molecular weight excluding hydrogens is 232 g/mol. The van der Waals surface area contributed by atoms with E-state index in [9.17, 15) is 0 Å². The Labute approximate surface area is 121 Å². The molecule has 1 aliphatic rings. The molecular formula is C17H36N2. The molecule has 1 saturated heterocycles. The Morgan fingerprint density at radius 2 is 1.79 bits per heavy atom. The van der Waals surface area contributed by atoms with Crippen molar-refractivity contribution in [3.05, 3.63) is 0 Å². The second-order valence-corrected chi connectivity index (χ2v) is 7.06. The van der Waals surface area contributed by atoms with Gasteiger partial charge in [-0.25, -0.2) is 0 Å². The minimum Gasteiger partial charge on any atom is -0.316 e. The quantitative estimate of drug-likeness (QED) is 0.640. The largest absolute Gasteiger partial charge is 0.316 e. The Balaban J connectivity index is 1.88. The highest BCUT2D eigenvalue weighted by Gasteiger charge is 2.21. The van der Waals surface area contributed by atoms with Crippen molar-refractivity contribution in [2.45, 2.75) is 59.8 Å². The maximum absolute atomic E-state index is 3.53. The van der Waals surface area contributed by atoms with Gasteiger partial charge in [0.1, 0.15) is 0 Å². The Hall–Kier alpha value is -0.0800. The van der Waals surface area contributed by atoms with E-state index in [1.165, 1.54) is 64.8 Å². The van der Waals surface area contributed by atoms with E-state index in [4.69, 9.17) is 0 Å². The summed E-state index contributed by atoms with van der Waals surface area (Å²) in [5.74, 6) is 2.61. The molecule has 2 heteroatoms. The molecule has 0 radical (unpaired) electrons. The van der Waals surface area contributed by atoms with Crippen molar-refractivity contribution in [1.29, 1.82) is 0 Å². The normalized spacial score (nSPS) is 25.1. The van der Waals surface area contributed by atoms with Gasteiger partial charge in [0.05, 0.1) is 0 Å². The Morgan fingerprint density at radius 1 is 1.05 bits per heavy atom.